The number of nitriles is 1. The van der Waals surface area contributed by atoms with Gasteiger partial charge in [0.15, 0.2) is 0 Å². The Morgan fingerprint density at radius 1 is 1.30 bits per heavy atom. The van der Waals surface area contributed by atoms with E-state index < -0.39 is 0 Å². The molecule has 2 aromatic rings. The van der Waals surface area contributed by atoms with E-state index in [1.165, 1.54) is 0 Å². The minimum absolute atomic E-state index is 0. The first-order chi connectivity index (χ1) is 9.02. The molecule has 1 aromatic carbocycles. The van der Waals surface area contributed by atoms with Crippen LogP contribution in [0, 0.1) is 31.5 Å². The Labute approximate surface area is 140 Å². The summed E-state index contributed by atoms with van der Waals surface area (Å²) in [5.74, 6) is 0.383. The third kappa shape index (κ3) is 3.44. The van der Waals surface area contributed by atoms with Crippen LogP contribution in [0.1, 0.15) is 27.9 Å². The molecule has 0 saturated heterocycles. The minimum Gasteiger partial charge on any atom is -0.434 e. The number of hydrogen-bond donors (Lipinski definition) is 1. The van der Waals surface area contributed by atoms with E-state index in [9.17, 15) is 0 Å². The van der Waals surface area contributed by atoms with Gasteiger partial charge in [0.2, 0.25) is 0 Å². The van der Waals surface area contributed by atoms with Crippen molar-refractivity contribution in [3.05, 3.63) is 50.9 Å². The van der Waals surface area contributed by atoms with Gasteiger partial charge in [-0.1, -0.05) is 15.9 Å². The predicted octanol–water partition coefficient (Wildman–Crippen LogP) is 2.70. The SMILES string of the molecule is Cc1cc(C#N)cc(C)c1Cc1n[c-]nc(N)c1Br.[W]. The maximum atomic E-state index is 8.95. The quantitative estimate of drug-likeness (QED) is 0.645. The fraction of sp³-hybridized carbons (Fsp3) is 0.214. The van der Waals surface area contributed by atoms with Gasteiger partial charge in [0, 0.05) is 33.2 Å². The Hall–Kier alpha value is -1.24. The molecule has 0 radical (unpaired) electrons. The molecular formula is C14H12BrN4W-. The Balaban J connectivity index is 0.00000200. The smallest absolute Gasteiger partial charge is 0.0991 e. The van der Waals surface area contributed by atoms with Crippen molar-refractivity contribution < 1.29 is 21.1 Å². The third-order valence-electron chi connectivity index (χ3n) is 3.00. The van der Waals surface area contributed by atoms with E-state index in [1.54, 1.807) is 0 Å². The second kappa shape index (κ2) is 6.97. The maximum absolute atomic E-state index is 8.95. The van der Waals surface area contributed by atoms with Crippen LogP contribution in [0.15, 0.2) is 16.6 Å². The molecule has 0 aliphatic rings. The van der Waals surface area contributed by atoms with Crippen LogP contribution in [0.3, 0.4) is 0 Å². The average Bonchev–Trinajstić information content (AvgIpc) is 2.38. The third-order valence-corrected chi connectivity index (χ3v) is 3.87. The molecule has 0 spiro atoms. The second-order valence-electron chi connectivity index (χ2n) is 4.35. The zero-order chi connectivity index (χ0) is 14.0. The summed E-state index contributed by atoms with van der Waals surface area (Å²) in [6.45, 7) is 3.98. The second-order valence-corrected chi connectivity index (χ2v) is 5.14. The number of halogens is 1. The Morgan fingerprint density at radius 2 is 1.90 bits per heavy atom. The van der Waals surface area contributed by atoms with Crippen molar-refractivity contribution in [2.24, 2.45) is 0 Å². The largest absolute Gasteiger partial charge is 0.434 e. The Kier molecular flexibility index (Phi) is 5.85. The van der Waals surface area contributed by atoms with Gasteiger partial charge in [-0.15, -0.1) is 0 Å². The van der Waals surface area contributed by atoms with Crippen LogP contribution in [0.2, 0.25) is 0 Å². The van der Waals surface area contributed by atoms with Gasteiger partial charge in [-0.2, -0.15) is 5.26 Å². The number of rotatable bonds is 2. The number of nitrogen functional groups attached to an aromatic ring is 1. The van der Waals surface area contributed by atoms with E-state index >= 15 is 0 Å². The molecule has 2 rings (SSSR count). The number of aromatic nitrogens is 2. The van der Waals surface area contributed by atoms with Crippen LogP contribution in [-0.4, -0.2) is 9.97 Å². The molecule has 0 fully saturated rings. The summed E-state index contributed by atoms with van der Waals surface area (Å²) in [6, 6.07) is 5.92. The molecule has 1 heterocycles. The van der Waals surface area contributed by atoms with E-state index in [4.69, 9.17) is 11.0 Å². The van der Waals surface area contributed by atoms with Crippen molar-refractivity contribution in [1.82, 2.24) is 9.97 Å². The molecule has 0 aliphatic carbocycles. The molecular weight excluding hydrogens is 488 g/mol. The van der Waals surface area contributed by atoms with Crippen LogP contribution < -0.4 is 5.73 Å². The molecule has 0 aliphatic heterocycles. The van der Waals surface area contributed by atoms with Crippen LogP contribution in [-0.2, 0) is 27.5 Å². The fourth-order valence-electron chi connectivity index (χ4n) is 2.01. The zero-order valence-electron chi connectivity index (χ0n) is 11.1. The summed E-state index contributed by atoms with van der Waals surface area (Å²) in [5, 5.41) is 8.95. The standard InChI is InChI=1S/C14H12BrN4.W/c1-8-3-10(6-16)4-9(2)11(8)5-12-13(15)14(17)19-7-18-12;/h3-4H,5H2,1-2H3,(H2,17,18,19);/q-1;. The summed E-state index contributed by atoms with van der Waals surface area (Å²) in [5.41, 5.74) is 10.5. The van der Waals surface area contributed by atoms with E-state index in [0.29, 0.717) is 22.3 Å². The van der Waals surface area contributed by atoms with Crippen molar-refractivity contribution >= 4 is 21.7 Å². The fourth-order valence-corrected chi connectivity index (χ4v) is 2.32. The summed E-state index contributed by atoms with van der Waals surface area (Å²) >= 11 is 3.39. The van der Waals surface area contributed by atoms with Gasteiger partial charge >= 0.3 is 0 Å². The van der Waals surface area contributed by atoms with E-state index in [-0.39, 0.29) is 21.1 Å². The van der Waals surface area contributed by atoms with Gasteiger partial charge in [-0.05, 0) is 59.3 Å². The number of nitrogens with zero attached hydrogens (tertiary/aromatic N) is 3. The molecule has 0 bridgehead atoms. The Morgan fingerprint density at radius 3 is 2.45 bits per heavy atom. The van der Waals surface area contributed by atoms with E-state index in [2.05, 4.69) is 38.3 Å². The first-order valence-electron chi connectivity index (χ1n) is 5.71. The first kappa shape index (κ1) is 16.8. The summed E-state index contributed by atoms with van der Waals surface area (Å²) in [4.78, 5) is 7.94. The number of nitrogens with two attached hydrogens (primary N) is 1. The molecule has 1 aromatic heterocycles. The van der Waals surface area contributed by atoms with Gasteiger partial charge < -0.3 is 15.7 Å². The Bertz CT molecular complexity index is 656. The predicted molar refractivity (Wildman–Crippen MR) is 76.4 cm³/mol. The summed E-state index contributed by atoms with van der Waals surface area (Å²) in [7, 11) is 0. The minimum atomic E-state index is 0. The molecule has 2 N–H and O–H groups in total. The molecule has 0 amide bonds. The molecule has 0 atom stereocenters. The topological polar surface area (TPSA) is 75.6 Å². The number of hydrogen-bond acceptors (Lipinski definition) is 4. The number of anilines is 1. The van der Waals surface area contributed by atoms with Gasteiger partial charge in [0.1, 0.15) is 0 Å². The van der Waals surface area contributed by atoms with Crippen LogP contribution in [0.4, 0.5) is 5.82 Å². The molecule has 0 saturated carbocycles. The normalized spacial score (nSPS) is 9.70. The number of benzene rings is 1. The van der Waals surface area contributed by atoms with Crippen LogP contribution >= 0.6 is 15.9 Å². The van der Waals surface area contributed by atoms with Crippen LogP contribution in [0.5, 0.6) is 0 Å². The van der Waals surface area contributed by atoms with Gasteiger partial charge in [-0.25, -0.2) is 0 Å². The van der Waals surface area contributed by atoms with Gasteiger partial charge in [0.05, 0.1) is 11.6 Å². The van der Waals surface area contributed by atoms with Gasteiger partial charge in [-0.3, -0.25) is 0 Å². The monoisotopic (exact) mass is 499 g/mol. The average molecular weight is 500 g/mol. The van der Waals surface area contributed by atoms with E-state index in [0.717, 1.165) is 22.4 Å². The summed E-state index contributed by atoms with van der Waals surface area (Å²) in [6.07, 6.45) is 3.18. The van der Waals surface area contributed by atoms with Crippen molar-refractivity contribution in [3.8, 4) is 6.07 Å². The zero-order valence-corrected chi connectivity index (χ0v) is 15.6. The van der Waals surface area contributed by atoms with Crippen molar-refractivity contribution in [2.75, 3.05) is 5.73 Å². The molecule has 102 valence electrons. The molecule has 0 unspecified atom stereocenters. The molecule has 4 nitrogen and oxygen atoms in total. The van der Waals surface area contributed by atoms with Crippen molar-refractivity contribution in [3.63, 3.8) is 0 Å². The van der Waals surface area contributed by atoms with Crippen molar-refractivity contribution in [2.45, 2.75) is 20.3 Å². The van der Waals surface area contributed by atoms with Gasteiger partial charge in [0.25, 0.3) is 0 Å². The maximum Gasteiger partial charge on any atom is 0.0991 e. The molecule has 6 heteroatoms. The van der Waals surface area contributed by atoms with Crippen molar-refractivity contribution in [1.29, 1.82) is 5.26 Å². The first-order valence-corrected chi connectivity index (χ1v) is 6.50. The molecule has 20 heavy (non-hydrogen) atoms. The van der Waals surface area contributed by atoms with E-state index in [1.807, 2.05) is 26.0 Å². The number of aryl methyl sites for hydroxylation is 2. The van der Waals surface area contributed by atoms with Crippen LogP contribution in [0.25, 0.3) is 0 Å². The summed E-state index contributed by atoms with van der Waals surface area (Å²) < 4.78 is 0.703.